The van der Waals surface area contributed by atoms with E-state index >= 15 is 0 Å². The quantitative estimate of drug-likeness (QED) is 0.308. The Labute approximate surface area is 206 Å². The monoisotopic (exact) mass is 492 g/mol. The lowest BCUT2D eigenvalue weighted by Crippen LogP contribution is -2.19. The molecule has 0 saturated carbocycles. The summed E-state index contributed by atoms with van der Waals surface area (Å²) in [5.74, 6) is -0.115. The molecule has 0 saturated heterocycles. The van der Waals surface area contributed by atoms with Crippen molar-refractivity contribution in [2.45, 2.75) is 13.8 Å². The van der Waals surface area contributed by atoms with Crippen LogP contribution in [0.2, 0.25) is 5.02 Å². The van der Waals surface area contributed by atoms with E-state index < -0.39 is 11.8 Å². The Morgan fingerprint density at radius 2 is 1.89 bits per heavy atom. The number of nitrogens with one attached hydrogen (secondary N) is 1. The van der Waals surface area contributed by atoms with Crippen LogP contribution in [0.3, 0.4) is 0 Å². The van der Waals surface area contributed by atoms with E-state index in [1.54, 1.807) is 43.8 Å². The van der Waals surface area contributed by atoms with Gasteiger partial charge in [0.05, 0.1) is 17.2 Å². The van der Waals surface area contributed by atoms with Gasteiger partial charge >= 0.3 is 5.97 Å². The summed E-state index contributed by atoms with van der Waals surface area (Å²) < 4.78 is 18.7. The fourth-order valence-electron chi connectivity index (χ4n) is 3.44. The Kier molecular flexibility index (Phi) is 7.47. The van der Waals surface area contributed by atoms with Crippen molar-refractivity contribution in [3.63, 3.8) is 0 Å². The molecule has 8 nitrogen and oxygen atoms in total. The van der Waals surface area contributed by atoms with Gasteiger partial charge in [-0.05, 0) is 50.2 Å². The van der Waals surface area contributed by atoms with Gasteiger partial charge in [-0.3, -0.25) is 9.97 Å². The third-order valence-electron chi connectivity index (χ3n) is 5.05. The number of rotatable bonds is 8. The Balaban J connectivity index is 1.81. The summed E-state index contributed by atoms with van der Waals surface area (Å²) in [5, 5.41) is 3.05. The molecule has 4 aromatic rings. The number of carbonyl (C=O) groups excluding carboxylic acids is 1. The average molecular weight is 493 g/mol. The lowest BCUT2D eigenvalue weighted by Gasteiger charge is -2.25. The number of carbonyl (C=O) groups is 1. The van der Waals surface area contributed by atoms with Crippen molar-refractivity contribution < 1.29 is 13.9 Å². The molecule has 0 unspecified atom stereocenters. The van der Waals surface area contributed by atoms with Gasteiger partial charge in [0.25, 0.3) is 0 Å². The van der Waals surface area contributed by atoms with Crippen LogP contribution in [0.25, 0.3) is 11.1 Å². The van der Waals surface area contributed by atoms with Crippen molar-refractivity contribution in [2.24, 2.45) is 0 Å². The molecule has 10 heteroatoms. The molecule has 178 valence electrons. The van der Waals surface area contributed by atoms with Gasteiger partial charge in [0.2, 0.25) is 5.95 Å². The standard InChI is InChI=1S/C25H22ClFN6O2/c1-3-33(19-7-9-28-10-8-19)23-20(16-11-17(14-29-13-16)24(34)35-4-2)15-30-25(32-23)31-18-5-6-22(27)21(26)12-18/h5-15H,3-4H2,1-2H3,(H,30,31,32). The molecule has 1 aromatic carbocycles. The van der Waals surface area contributed by atoms with Crippen molar-refractivity contribution in [3.8, 4) is 11.1 Å². The number of hydrogen-bond acceptors (Lipinski definition) is 8. The number of hydrogen-bond donors (Lipinski definition) is 1. The van der Waals surface area contributed by atoms with Crippen molar-refractivity contribution in [2.75, 3.05) is 23.4 Å². The number of aromatic nitrogens is 4. The van der Waals surface area contributed by atoms with E-state index in [0.29, 0.717) is 34.7 Å². The van der Waals surface area contributed by atoms with E-state index in [0.717, 1.165) is 5.69 Å². The molecule has 3 heterocycles. The third kappa shape index (κ3) is 5.52. The first-order chi connectivity index (χ1) is 17.0. The van der Waals surface area contributed by atoms with Crippen LogP contribution in [0.4, 0.5) is 27.5 Å². The van der Waals surface area contributed by atoms with E-state index in [9.17, 15) is 9.18 Å². The van der Waals surface area contributed by atoms with Crippen molar-refractivity contribution in [3.05, 3.63) is 83.8 Å². The van der Waals surface area contributed by atoms with Gasteiger partial charge < -0.3 is 15.0 Å². The molecule has 0 spiro atoms. The normalized spacial score (nSPS) is 10.6. The van der Waals surface area contributed by atoms with Gasteiger partial charge in [-0.2, -0.15) is 4.98 Å². The SMILES string of the molecule is CCOC(=O)c1cncc(-c2cnc(Nc3ccc(F)c(Cl)c3)nc2N(CC)c2ccncc2)c1. The maximum Gasteiger partial charge on any atom is 0.339 e. The maximum atomic E-state index is 13.6. The van der Waals surface area contributed by atoms with Crippen LogP contribution in [0.15, 0.2) is 67.4 Å². The summed E-state index contributed by atoms with van der Waals surface area (Å²) in [4.78, 5) is 31.8. The average Bonchev–Trinajstić information content (AvgIpc) is 2.88. The minimum atomic E-state index is -0.516. The van der Waals surface area contributed by atoms with Crippen LogP contribution in [-0.2, 0) is 4.74 Å². The van der Waals surface area contributed by atoms with E-state index in [4.69, 9.17) is 21.3 Å². The lowest BCUT2D eigenvalue weighted by molar-refractivity contribution is 0.0526. The number of esters is 1. The zero-order valence-corrected chi connectivity index (χ0v) is 19.8. The predicted molar refractivity (Wildman–Crippen MR) is 133 cm³/mol. The highest BCUT2D eigenvalue weighted by Crippen LogP contribution is 2.34. The topological polar surface area (TPSA) is 93.1 Å². The second kappa shape index (κ2) is 10.9. The first-order valence-electron chi connectivity index (χ1n) is 10.9. The molecular formula is C25H22ClFN6O2. The smallest absolute Gasteiger partial charge is 0.339 e. The first kappa shape index (κ1) is 24.0. The minimum Gasteiger partial charge on any atom is -0.462 e. The largest absolute Gasteiger partial charge is 0.462 e. The highest BCUT2D eigenvalue weighted by atomic mass is 35.5. The van der Waals surface area contributed by atoms with Gasteiger partial charge in [0.15, 0.2) is 0 Å². The number of pyridine rings is 2. The molecule has 35 heavy (non-hydrogen) atoms. The summed E-state index contributed by atoms with van der Waals surface area (Å²) in [6, 6.07) is 9.71. The predicted octanol–water partition coefficient (Wildman–Crippen LogP) is 5.80. The number of anilines is 4. The van der Waals surface area contributed by atoms with Gasteiger partial charge in [-0.15, -0.1) is 0 Å². The minimum absolute atomic E-state index is 0.0133. The summed E-state index contributed by atoms with van der Waals surface area (Å²) in [5.41, 5.74) is 3.03. The molecule has 0 radical (unpaired) electrons. The molecule has 0 atom stereocenters. The molecule has 3 aromatic heterocycles. The number of benzene rings is 1. The summed E-state index contributed by atoms with van der Waals surface area (Å²) in [6.45, 7) is 4.58. The molecule has 1 N–H and O–H groups in total. The highest BCUT2D eigenvalue weighted by molar-refractivity contribution is 6.31. The molecule has 0 aliphatic heterocycles. The summed E-state index contributed by atoms with van der Waals surface area (Å²) >= 11 is 5.92. The van der Waals surface area contributed by atoms with Crippen molar-refractivity contribution >= 4 is 40.7 Å². The van der Waals surface area contributed by atoms with Crippen molar-refractivity contribution in [1.29, 1.82) is 0 Å². The molecule has 0 aliphatic carbocycles. The fraction of sp³-hybridized carbons (Fsp3) is 0.160. The van der Waals surface area contributed by atoms with Crippen LogP contribution in [0, 0.1) is 5.82 Å². The van der Waals surface area contributed by atoms with Gasteiger partial charge in [0, 0.05) is 60.0 Å². The Morgan fingerprint density at radius 1 is 1.09 bits per heavy atom. The second-order valence-corrected chi connectivity index (χ2v) is 7.72. The number of halogens is 2. The van der Waals surface area contributed by atoms with E-state index in [1.807, 2.05) is 24.0 Å². The first-order valence-corrected chi connectivity index (χ1v) is 11.3. The molecule has 0 bridgehead atoms. The number of ether oxygens (including phenoxy) is 1. The van der Waals surface area contributed by atoms with Crippen LogP contribution in [-0.4, -0.2) is 39.1 Å². The molecule has 0 aliphatic rings. The third-order valence-corrected chi connectivity index (χ3v) is 5.34. The highest BCUT2D eigenvalue weighted by Gasteiger charge is 2.19. The van der Waals surface area contributed by atoms with Crippen molar-refractivity contribution in [1.82, 2.24) is 19.9 Å². The Morgan fingerprint density at radius 3 is 2.60 bits per heavy atom. The molecule has 0 amide bonds. The van der Waals surface area contributed by atoms with E-state index in [-0.39, 0.29) is 17.6 Å². The van der Waals surface area contributed by atoms with Crippen LogP contribution in [0.1, 0.15) is 24.2 Å². The molecular weight excluding hydrogens is 471 g/mol. The van der Waals surface area contributed by atoms with Crippen LogP contribution in [0.5, 0.6) is 0 Å². The fourth-order valence-corrected chi connectivity index (χ4v) is 3.62. The maximum absolute atomic E-state index is 13.6. The van der Waals surface area contributed by atoms with Gasteiger partial charge in [-0.1, -0.05) is 11.6 Å². The zero-order chi connectivity index (χ0) is 24.8. The van der Waals surface area contributed by atoms with Crippen LogP contribution >= 0.6 is 11.6 Å². The Bertz CT molecular complexity index is 1340. The molecule has 0 fully saturated rings. The zero-order valence-electron chi connectivity index (χ0n) is 19.1. The van der Waals surface area contributed by atoms with Gasteiger partial charge in [-0.25, -0.2) is 14.2 Å². The Hall–Kier alpha value is -4.11. The van der Waals surface area contributed by atoms with E-state index in [1.165, 1.54) is 18.3 Å². The second-order valence-electron chi connectivity index (χ2n) is 7.32. The number of nitrogens with zero attached hydrogens (tertiary/aromatic N) is 5. The summed E-state index contributed by atoms with van der Waals surface area (Å²) in [6.07, 6.45) is 8.13. The molecule has 4 rings (SSSR count). The lowest BCUT2D eigenvalue weighted by atomic mass is 10.1. The van der Waals surface area contributed by atoms with E-state index in [2.05, 4.69) is 20.3 Å². The van der Waals surface area contributed by atoms with Gasteiger partial charge in [0.1, 0.15) is 11.6 Å². The summed E-state index contributed by atoms with van der Waals surface area (Å²) in [7, 11) is 0. The van der Waals surface area contributed by atoms with Crippen LogP contribution < -0.4 is 10.2 Å².